The number of aromatic nitrogens is 4. The van der Waals surface area contributed by atoms with Gasteiger partial charge in [-0.2, -0.15) is 5.10 Å². The van der Waals surface area contributed by atoms with E-state index in [-0.39, 0.29) is 11.3 Å². The van der Waals surface area contributed by atoms with Gasteiger partial charge in [0.15, 0.2) is 5.65 Å². The zero-order valence-electron chi connectivity index (χ0n) is 22.9. The lowest BCUT2D eigenvalue weighted by Gasteiger charge is -2.26. The van der Waals surface area contributed by atoms with Gasteiger partial charge < -0.3 is 9.80 Å². The summed E-state index contributed by atoms with van der Waals surface area (Å²) in [5.41, 5.74) is 3.03. The van der Waals surface area contributed by atoms with Crippen molar-refractivity contribution in [2.75, 3.05) is 31.1 Å². The Labute approximate surface area is 215 Å². The van der Waals surface area contributed by atoms with Crippen molar-refractivity contribution >= 4 is 22.8 Å². The van der Waals surface area contributed by atoms with Crippen LogP contribution in [-0.4, -0.2) is 56.7 Å². The van der Waals surface area contributed by atoms with Crippen LogP contribution in [-0.2, 0) is 11.2 Å². The van der Waals surface area contributed by atoms with Crippen LogP contribution in [0.1, 0.15) is 71.8 Å². The van der Waals surface area contributed by atoms with Crippen molar-refractivity contribution in [2.24, 2.45) is 11.3 Å². The van der Waals surface area contributed by atoms with Gasteiger partial charge in [0.2, 0.25) is 5.91 Å². The largest absolute Gasteiger partial charge is 0.354 e. The molecule has 0 unspecified atom stereocenters. The molecule has 0 bridgehead atoms. The van der Waals surface area contributed by atoms with Crippen molar-refractivity contribution in [3.05, 3.63) is 41.9 Å². The van der Waals surface area contributed by atoms with E-state index in [9.17, 15) is 4.79 Å². The topological polar surface area (TPSA) is 67.2 Å². The summed E-state index contributed by atoms with van der Waals surface area (Å²) in [6, 6.07) is 10.2. The van der Waals surface area contributed by atoms with Crippen LogP contribution in [0.25, 0.3) is 16.7 Å². The average Bonchev–Trinajstić information content (AvgIpc) is 2.98. The van der Waals surface area contributed by atoms with Crippen molar-refractivity contribution in [3.8, 4) is 5.69 Å². The summed E-state index contributed by atoms with van der Waals surface area (Å²) in [4.78, 5) is 27.5. The number of fused-ring (bicyclic) bond motifs is 1. The predicted octanol–water partition coefficient (Wildman–Crippen LogP) is 5.58. The lowest BCUT2D eigenvalue weighted by atomic mass is 9.84. The van der Waals surface area contributed by atoms with E-state index in [0.717, 1.165) is 85.9 Å². The number of rotatable bonds is 7. The third-order valence-corrected chi connectivity index (χ3v) is 6.84. The Balaban J connectivity index is 1.60. The number of carbonyl (C=O) groups is 1. The molecule has 1 aromatic carbocycles. The summed E-state index contributed by atoms with van der Waals surface area (Å²) in [7, 11) is 0. The molecule has 3 aromatic rings. The SMILES string of the molecule is CCCc1nc(N2CCCN(C(=O)C[C@@H](C)CC(C)(C)C)CC2)c2c(C)nn(-c3ccccc3)c2n1. The lowest BCUT2D eigenvalue weighted by molar-refractivity contribution is -0.132. The second kappa shape index (κ2) is 11.0. The Hall–Kier alpha value is -2.96. The molecule has 7 heteroatoms. The number of hydrogen-bond donors (Lipinski definition) is 0. The Morgan fingerprint density at radius 2 is 1.81 bits per heavy atom. The smallest absolute Gasteiger partial charge is 0.222 e. The molecular weight excluding hydrogens is 448 g/mol. The monoisotopic (exact) mass is 490 g/mol. The lowest BCUT2D eigenvalue weighted by Crippen LogP contribution is -2.36. The molecule has 0 spiro atoms. The van der Waals surface area contributed by atoms with Crippen LogP contribution in [0.3, 0.4) is 0 Å². The Morgan fingerprint density at radius 3 is 2.50 bits per heavy atom. The third kappa shape index (κ3) is 6.05. The van der Waals surface area contributed by atoms with E-state index in [1.165, 1.54) is 0 Å². The molecule has 1 saturated heterocycles. The maximum atomic E-state index is 13.1. The fourth-order valence-corrected chi connectivity index (χ4v) is 5.44. The van der Waals surface area contributed by atoms with Crippen LogP contribution in [0.4, 0.5) is 5.82 Å². The summed E-state index contributed by atoms with van der Waals surface area (Å²) in [5.74, 6) is 2.48. The van der Waals surface area contributed by atoms with E-state index >= 15 is 0 Å². The van der Waals surface area contributed by atoms with Crippen molar-refractivity contribution in [1.29, 1.82) is 0 Å². The molecule has 1 fully saturated rings. The summed E-state index contributed by atoms with van der Waals surface area (Å²) >= 11 is 0. The molecule has 4 rings (SSSR count). The number of carbonyl (C=O) groups excluding carboxylic acids is 1. The average molecular weight is 491 g/mol. The summed E-state index contributed by atoms with van der Waals surface area (Å²) in [5, 5.41) is 5.88. The molecule has 0 aliphatic carbocycles. The fourth-order valence-electron chi connectivity index (χ4n) is 5.44. The first-order valence-corrected chi connectivity index (χ1v) is 13.5. The molecule has 36 heavy (non-hydrogen) atoms. The number of para-hydroxylation sites is 1. The van der Waals surface area contributed by atoms with E-state index in [2.05, 4.69) is 56.6 Å². The second-order valence-corrected chi connectivity index (χ2v) is 11.5. The van der Waals surface area contributed by atoms with Crippen LogP contribution in [0.15, 0.2) is 30.3 Å². The quantitative estimate of drug-likeness (QED) is 0.433. The maximum absolute atomic E-state index is 13.1. The molecule has 194 valence electrons. The molecule has 7 nitrogen and oxygen atoms in total. The number of amides is 1. The van der Waals surface area contributed by atoms with Gasteiger partial charge in [-0.1, -0.05) is 52.8 Å². The van der Waals surface area contributed by atoms with Crippen molar-refractivity contribution in [1.82, 2.24) is 24.6 Å². The van der Waals surface area contributed by atoms with Gasteiger partial charge in [0.25, 0.3) is 0 Å². The summed E-state index contributed by atoms with van der Waals surface area (Å²) in [6.45, 7) is 16.3. The second-order valence-electron chi connectivity index (χ2n) is 11.5. The Kier molecular flexibility index (Phi) is 7.96. The van der Waals surface area contributed by atoms with Crippen LogP contribution in [0, 0.1) is 18.3 Å². The number of hydrogen-bond acceptors (Lipinski definition) is 5. The minimum Gasteiger partial charge on any atom is -0.354 e. The molecule has 0 N–H and O–H groups in total. The maximum Gasteiger partial charge on any atom is 0.222 e. The molecule has 0 radical (unpaired) electrons. The van der Waals surface area contributed by atoms with E-state index < -0.39 is 0 Å². The fraction of sp³-hybridized carbons (Fsp3) is 0.586. The number of benzene rings is 1. The van der Waals surface area contributed by atoms with E-state index in [1.807, 2.05) is 29.8 Å². The first-order valence-electron chi connectivity index (χ1n) is 13.5. The highest BCUT2D eigenvalue weighted by atomic mass is 16.2. The van der Waals surface area contributed by atoms with Crippen molar-refractivity contribution in [3.63, 3.8) is 0 Å². The van der Waals surface area contributed by atoms with Crippen molar-refractivity contribution < 1.29 is 4.79 Å². The van der Waals surface area contributed by atoms with Crippen LogP contribution in [0.2, 0.25) is 0 Å². The molecule has 3 heterocycles. The van der Waals surface area contributed by atoms with Crippen LogP contribution in [0.5, 0.6) is 0 Å². The molecule has 1 atom stereocenters. The number of nitrogens with zero attached hydrogens (tertiary/aromatic N) is 6. The van der Waals surface area contributed by atoms with Gasteiger partial charge in [0, 0.05) is 39.0 Å². The highest BCUT2D eigenvalue weighted by Gasteiger charge is 2.26. The molecule has 1 aliphatic rings. The van der Waals surface area contributed by atoms with Gasteiger partial charge in [-0.25, -0.2) is 14.6 Å². The predicted molar refractivity (Wildman–Crippen MR) is 147 cm³/mol. The summed E-state index contributed by atoms with van der Waals surface area (Å²) < 4.78 is 1.94. The zero-order valence-corrected chi connectivity index (χ0v) is 22.9. The van der Waals surface area contributed by atoms with Crippen LogP contribution >= 0.6 is 0 Å². The van der Waals surface area contributed by atoms with E-state index in [0.29, 0.717) is 12.3 Å². The Morgan fingerprint density at radius 1 is 1.06 bits per heavy atom. The Bertz CT molecular complexity index is 1180. The van der Waals surface area contributed by atoms with Gasteiger partial charge in [0.05, 0.1) is 16.8 Å². The molecule has 1 aliphatic heterocycles. The van der Waals surface area contributed by atoms with Gasteiger partial charge in [-0.15, -0.1) is 0 Å². The van der Waals surface area contributed by atoms with Gasteiger partial charge in [-0.05, 0) is 49.7 Å². The molecule has 1 amide bonds. The molecule has 0 saturated carbocycles. The minimum absolute atomic E-state index is 0.242. The van der Waals surface area contributed by atoms with Gasteiger partial charge in [0.1, 0.15) is 11.6 Å². The number of anilines is 1. The van der Waals surface area contributed by atoms with Gasteiger partial charge in [-0.3, -0.25) is 4.79 Å². The highest BCUT2D eigenvalue weighted by molar-refractivity contribution is 5.91. The molecule has 2 aromatic heterocycles. The molecular formula is C29H42N6O. The van der Waals surface area contributed by atoms with Crippen LogP contribution < -0.4 is 4.90 Å². The summed E-state index contributed by atoms with van der Waals surface area (Å²) in [6.07, 6.45) is 4.42. The first kappa shape index (κ1) is 26.1. The standard InChI is InChI=1S/C29H42N6O/c1-7-12-24-30-27(26-22(3)32-35(28(26)31-24)23-13-9-8-10-14-23)34-16-11-15-33(17-18-34)25(36)19-21(2)20-29(4,5)6/h8-10,13-14,21H,7,11-12,15-20H2,1-6H3/t21-/m1/s1. The number of aryl methyl sites for hydroxylation is 2. The third-order valence-electron chi connectivity index (χ3n) is 6.84. The normalized spacial score (nSPS) is 15.8. The van der Waals surface area contributed by atoms with E-state index in [4.69, 9.17) is 15.1 Å². The van der Waals surface area contributed by atoms with Crippen molar-refractivity contribution in [2.45, 2.75) is 73.6 Å². The van der Waals surface area contributed by atoms with Gasteiger partial charge >= 0.3 is 0 Å². The zero-order chi connectivity index (χ0) is 25.9. The highest BCUT2D eigenvalue weighted by Crippen LogP contribution is 2.30. The first-order chi connectivity index (χ1) is 17.2. The minimum atomic E-state index is 0.242. The van der Waals surface area contributed by atoms with E-state index in [1.54, 1.807) is 0 Å².